The van der Waals surface area contributed by atoms with Gasteiger partial charge in [-0.3, -0.25) is 10.1 Å². The molecule has 0 saturated carbocycles. The van der Waals surface area contributed by atoms with E-state index in [2.05, 4.69) is 26.2 Å². The van der Waals surface area contributed by atoms with Crippen LogP contribution < -0.4 is 0 Å². The zero-order chi connectivity index (χ0) is 17.1. The summed E-state index contributed by atoms with van der Waals surface area (Å²) in [5.74, 6) is 0.169. The van der Waals surface area contributed by atoms with Gasteiger partial charge in [0.15, 0.2) is 4.60 Å². The quantitative estimate of drug-likeness (QED) is 0.532. The molecule has 7 nitrogen and oxygen atoms in total. The Kier molecular flexibility index (Phi) is 4.57. The third-order valence-corrected chi connectivity index (χ3v) is 4.11. The number of phenolic OH excluding ortho intramolecular Hbond substituents is 1. The van der Waals surface area contributed by atoms with Crippen molar-refractivity contribution < 1.29 is 10.0 Å². The standard InChI is InChI=1S/C16H13BrN4O3/c17-16-15(12-2-1-3-14(22)10-12)20(19-18-16)9-8-11-4-6-13(7-5-11)21(23)24/h1-7,10,22H,8-9H2. The number of aromatic hydroxyl groups is 1. The number of hydrogen-bond donors (Lipinski definition) is 1. The van der Waals surface area contributed by atoms with Crippen molar-refractivity contribution in [3.05, 3.63) is 68.8 Å². The van der Waals surface area contributed by atoms with Gasteiger partial charge in [0, 0.05) is 24.2 Å². The summed E-state index contributed by atoms with van der Waals surface area (Å²) in [6.07, 6.45) is 0.652. The zero-order valence-corrected chi connectivity index (χ0v) is 14.0. The van der Waals surface area contributed by atoms with Gasteiger partial charge in [-0.15, -0.1) is 5.10 Å². The van der Waals surface area contributed by atoms with Gasteiger partial charge in [-0.25, -0.2) is 4.68 Å². The summed E-state index contributed by atoms with van der Waals surface area (Å²) >= 11 is 3.38. The van der Waals surface area contributed by atoms with Crippen molar-refractivity contribution >= 4 is 21.6 Å². The van der Waals surface area contributed by atoms with Crippen LogP contribution in [0.25, 0.3) is 11.3 Å². The van der Waals surface area contributed by atoms with Crippen LogP contribution in [0.2, 0.25) is 0 Å². The Hall–Kier alpha value is -2.74. The minimum absolute atomic E-state index is 0.0719. The highest BCUT2D eigenvalue weighted by atomic mass is 79.9. The molecule has 122 valence electrons. The third-order valence-electron chi connectivity index (χ3n) is 3.57. The first-order valence-electron chi connectivity index (χ1n) is 7.16. The summed E-state index contributed by atoms with van der Waals surface area (Å²) in [4.78, 5) is 10.3. The first-order chi connectivity index (χ1) is 11.5. The lowest BCUT2D eigenvalue weighted by Crippen LogP contribution is -2.05. The van der Waals surface area contributed by atoms with Crippen molar-refractivity contribution in [1.29, 1.82) is 0 Å². The molecule has 0 aliphatic rings. The lowest BCUT2D eigenvalue weighted by atomic mass is 10.1. The first-order valence-corrected chi connectivity index (χ1v) is 7.95. The van der Waals surface area contributed by atoms with Crippen LogP contribution in [-0.2, 0) is 13.0 Å². The number of aryl methyl sites for hydroxylation is 2. The molecule has 0 aliphatic heterocycles. The van der Waals surface area contributed by atoms with Gasteiger partial charge in [0.25, 0.3) is 5.69 Å². The summed E-state index contributed by atoms with van der Waals surface area (Å²) in [5, 5.41) is 28.5. The highest BCUT2D eigenvalue weighted by molar-refractivity contribution is 9.10. The van der Waals surface area contributed by atoms with E-state index in [1.165, 1.54) is 12.1 Å². The SMILES string of the molecule is O=[N+]([O-])c1ccc(CCn2nnc(Br)c2-c2cccc(O)c2)cc1. The molecule has 0 spiro atoms. The van der Waals surface area contributed by atoms with Gasteiger partial charge >= 0.3 is 0 Å². The number of rotatable bonds is 5. The molecule has 0 bridgehead atoms. The molecule has 0 aliphatic carbocycles. The van der Waals surface area contributed by atoms with Gasteiger partial charge in [-0.05, 0) is 40.0 Å². The summed E-state index contributed by atoms with van der Waals surface area (Å²) in [6.45, 7) is 0.557. The largest absolute Gasteiger partial charge is 0.508 e. The number of phenols is 1. The van der Waals surface area contributed by atoms with Crippen LogP contribution in [0, 0.1) is 10.1 Å². The molecular weight excluding hydrogens is 376 g/mol. The lowest BCUT2D eigenvalue weighted by molar-refractivity contribution is -0.384. The van der Waals surface area contributed by atoms with Crippen molar-refractivity contribution in [2.24, 2.45) is 0 Å². The Morgan fingerprint density at radius 1 is 1.21 bits per heavy atom. The third kappa shape index (κ3) is 3.43. The summed E-state index contributed by atoms with van der Waals surface area (Å²) in [5.41, 5.74) is 2.61. The second-order valence-electron chi connectivity index (χ2n) is 5.18. The van der Waals surface area contributed by atoms with E-state index in [0.29, 0.717) is 17.6 Å². The summed E-state index contributed by atoms with van der Waals surface area (Å²) in [6, 6.07) is 13.3. The molecule has 1 N–H and O–H groups in total. The Morgan fingerprint density at radius 2 is 1.96 bits per heavy atom. The Balaban J connectivity index is 1.80. The van der Waals surface area contributed by atoms with Crippen molar-refractivity contribution in [2.45, 2.75) is 13.0 Å². The van der Waals surface area contributed by atoms with E-state index in [0.717, 1.165) is 16.8 Å². The molecule has 0 saturated heterocycles. The molecule has 0 fully saturated rings. The maximum atomic E-state index is 10.7. The van der Waals surface area contributed by atoms with Crippen LogP contribution >= 0.6 is 15.9 Å². The fourth-order valence-electron chi connectivity index (χ4n) is 2.39. The minimum atomic E-state index is -0.418. The van der Waals surface area contributed by atoms with Crippen LogP contribution in [-0.4, -0.2) is 25.0 Å². The van der Waals surface area contributed by atoms with E-state index < -0.39 is 4.92 Å². The average Bonchev–Trinajstić information content (AvgIpc) is 2.94. The monoisotopic (exact) mass is 388 g/mol. The number of aromatic nitrogens is 3. The molecule has 24 heavy (non-hydrogen) atoms. The molecule has 2 aromatic carbocycles. The molecule has 0 radical (unpaired) electrons. The molecule has 0 amide bonds. The van der Waals surface area contributed by atoms with Gasteiger partial charge in [0.05, 0.1) is 4.92 Å². The van der Waals surface area contributed by atoms with Gasteiger partial charge in [-0.1, -0.05) is 29.5 Å². The number of benzene rings is 2. The smallest absolute Gasteiger partial charge is 0.269 e. The van der Waals surface area contributed by atoms with E-state index in [1.54, 1.807) is 35.0 Å². The second kappa shape index (κ2) is 6.79. The fourth-order valence-corrected chi connectivity index (χ4v) is 2.89. The van der Waals surface area contributed by atoms with Gasteiger partial charge in [0.1, 0.15) is 11.4 Å². The lowest BCUT2D eigenvalue weighted by Gasteiger charge is -2.07. The van der Waals surface area contributed by atoms with Gasteiger partial charge < -0.3 is 5.11 Å². The first kappa shape index (κ1) is 16.1. The number of non-ortho nitro benzene ring substituents is 1. The van der Waals surface area contributed by atoms with Crippen LogP contribution in [0.3, 0.4) is 0 Å². The Morgan fingerprint density at radius 3 is 2.62 bits per heavy atom. The maximum Gasteiger partial charge on any atom is 0.269 e. The predicted molar refractivity (Wildman–Crippen MR) is 91.6 cm³/mol. The Labute approximate surface area is 145 Å². The molecular formula is C16H13BrN4O3. The Bertz CT molecular complexity index is 877. The van der Waals surface area contributed by atoms with E-state index in [4.69, 9.17) is 0 Å². The van der Waals surface area contributed by atoms with Crippen molar-refractivity contribution in [1.82, 2.24) is 15.0 Å². The number of halogens is 1. The van der Waals surface area contributed by atoms with E-state index in [9.17, 15) is 15.2 Å². The fraction of sp³-hybridized carbons (Fsp3) is 0.125. The predicted octanol–water partition coefficient (Wildman–Crippen LogP) is 3.56. The molecule has 1 heterocycles. The average molecular weight is 389 g/mol. The topological polar surface area (TPSA) is 94.1 Å². The molecule has 3 rings (SSSR count). The summed E-state index contributed by atoms with van der Waals surface area (Å²) in [7, 11) is 0. The number of hydrogen-bond acceptors (Lipinski definition) is 5. The molecule has 1 aromatic heterocycles. The van der Waals surface area contributed by atoms with Crippen LogP contribution in [0.5, 0.6) is 5.75 Å². The molecule has 3 aromatic rings. The number of nitrogens with zero attached hydrogens (tertiary/aromatic N) is 4. The zero-order valence-electron chi connectivity index (χ0n) is 12.5. The van der Waals surface area contributed by atoms with Gasteiger partial charge in [0.2, 0.25) is 0 Å². The highest BCUT2D eigenvalue weighted by Gasteiger charge is 2.13. The normalized spacial score (nSPS) is 10.7. The highest BCUT2D eigenvalue weighted by Crippen LogP contribution is 2.28. The van der Waals surface area contributed by atoms with Crippen molar-refractivity contribution in [2.75, 3.05) is 0 Å². The molecule has 8 heteroatoms. The van der Waals surface area contributed by atoms with Crippen molar-refractivity contribution in [3.63, 3.8) is 0 Å². The summed E-state index contributed by atoms with van der Waals surface area (Å²) < 4.78 is 2.33. The van der Waals surface area contributed by atoms with E-state index in [1.807, 2.05) is 6.07 Å². The van der Waals surface area contributed by atoms with E-state index >= 15 is 0 Å². The van der Waals surface area contributed by atoms with Crippen LogP contribution in [0.4, 0.5) is 5.69 Å². The number of nitro groups is 1. The van der Waals surface area contributed by atoms with E-state index in [-0.39, 0.29) is 11.4 Å². The minimum Gasteiger partial charge on any atom is -0.508 e. The molecule has 0 unspecified atom stereocenters. The second-order valence-corrected chi connectivity index (χ2v) is 5.93. The number of nitro benzene ring substituents is 1. The van der Waals surface area contributed by atoms with Crippen molar-refractivity contribution in [3.8, 4) is 17.0 Å². The van der Waals surface area contributed by atoms with Crippen LogP contribution in [0.15, 0.2) is 53.1 Å². The maximum absolute atomic E-state index is 10.7. The van der Waals surface area contributed by atoms with Gasteiger partial charge in [-0.2, -0.15) is 0 Å². The van der Waals surface area contributed by atoms with Crippen LogP contribution in [0.1, 0.15) is 5.56 Å². The molecule has 0 atom stereocenters.